The van der Waals surface area contributed by atoms with Crippen molar-refractivity contribution < 1.29 is 39.5 Å². The van der Waals surface area contributed by atoms with Gasteiger partial charge in [-0.3, -0.25) is 0 Å². The van der Waals surface area contributed by atoms with E-state index in [-0.39, 0.29) is 35.5 Å². The van der Waals surface area contributed by atoms with Gasteiger partial charge in [-0.25, -0.2) is 0 Å². The van der Waals surface area contributed by atoms with Crippen LogP contribution in [0, 0.1) is 92.2 Å². The summed E-state index contributed by atoms with van der Waals surface area (Å²) in [7, 11) is 0. The fraction of sp³-hybridized carbons (Fsp3) is 0.885. The van der Waals surface area contributed by atoms with Gasteiger partial charge in [-0.2, -0.15) is 39.5 Å². The van der Waals surface area contributed by atoms with Crippen molar-refractivity contribution in [3.05, 3.63) is 69.3 Å². The number of alkyl halides is 9. The monoisotopic (exact) mass is 1610 g/mol. The fourth-order valence-electron chi connectivity index (χ4n) is 19.2. The number of hydrogen-bond donors (Lipinski definition) is 0. The number of rotatable bonds is 10. The fourth-order valence-corrected chi connectivity index (χ4v) is 19.2. The molecule has 0 nitrogen and oxygen atoms in total. The first-order valence-corrected chi connectivity index (χ1v) is 46.8. The van der Waals surface area contributed by atoms with Crippen molar-refractivity contribution in [3.63, 3.8) is 0 Å². The summed E-state index contributed by atoms with van der Waals surface area (Å²) in [6.45, 7) is 79.6. The van der Waals surface area contributed by atoms with Crippen LogP contribution in [0.3, 0.4) is 0 Å². The van der Waals surface area contributed by atoms with Crippen LogP contribution in [0.2, 0.25) is 0 Å². The molecule has 0 bridgehead atoms. The van der Waals surface area contributed by atoms with Gasteiger partial charge in [0.1, 0.15) is 0 Å². The van der Waals surface area contributed by atoms with Crippen LogP contribution in [0.4, 0.5) is 39.5 Å². The second-order valence-electron chi connectivity index (χ2n) is 45.1. The van der Waals surface area contributed by atoms with Crippen LogP contribution >= 0.6 is 0 Å². The van der Waals surface area contributed by atoms with Gasteiger partial charge < -0.3 is 0 Å². The van der Waals surface area contributed by atoms with Crippen molar-refractivity contribution in [1.29, 1.82) is 0 Å². The molecular weight excluding hydrogens is 1420 g/mol. The maximum Gasteiger partial charge on any atom is 0.394 e. The van der Waals surface area contributed by atoms with E-state index in [1.54, 1.807) is 6.92 Å². The van der Waals surface area contributed by atoms with E-state index in [4.69, 9.17) is 0 Å². The number of unbranched alkanes of at least 4 members (excludes halogenated alkanes) is 1. The molecule has 2 spiro atoms. The molecule has 2 aromatic carbocycles. The molecule has 0 amide bonds. The lowest BCUT2D eigenvalue weighted by Crippen LogP contribution is -2.43. The van der Waals surface area contributed by atoms with Crippen molar-refractivity contribution in [2.24, 2.45) is 78.3 Å². The number of benzene rings is 2. The van der Waals surface area contributed by atoms with E-state index in [1.807, 2.05) is 34.6 Å². The molecule has 7 aliphatic carbocycles. The third-order valence-corrected chi connectivity index (χ3v) is 28.8. The molecule has 0 aromatic heterocycles. The summed E-state index contributed by atoms with van der Waals surface area (Å²) in [5, 5.41) is 0. The lowest BCUT2D eigenvalue weighted by Gasteiger charge is -2.54. The van der Waals surface area contributed by atoms with Gasteiger partial charge in [0.05, 0.1) is 16.2 Å². The van der Waals surface area contributed by atoms with E-state index < -0.39 is 34.8 Å². The van der Waals surface area contributed by atoms with Crippen LogP contribution in [0.1, 0.15) is 510 Å². The highest BCUT2D eigenvalue weighted by Gasteiger charge is 2.56. The molecule has 9 rings (SSSR count). The van der Waals surface area contributed by atoms with Gasteiger partial charge in [-0.05, 0) is 285 Å². The van der Waals surface area contributed by atoms with Crippen molar-refractivity contribution in [1.82, 2.24) is 0 Å². The molecule has 7 aliphatic rings. The van der Waals surface area contributed by atoms with Crippen LogP contribution in [0.5, 0.6) is 0 Å². The van der Waals surface area contributed by atoms with Crippen LogP contribution in [-0.2, 0) is 10.8 Å². The predicted octanol–water partition coefficient (Wildman–Crippen LogP) is 38.3. The molecule has 7 saturated carbocycles. The Kier molecular flexibility index (Phi) is 46.4. The van der Waals surface area contributed by atoms with Gasteiger partial charge in [0.25, 0.3) is 0 Å². The summed E-state index contributed by atoms with van der Waals surface area (Å²) in [5.41, 5.74) is 10.0. The Morgan fingerprint density at radius 3 is 1.04 bits per heavy atom. The van der Waals surface area contributed by atoms with Gasteiger partial charge in [0.15, 0.2) is 0 Å². The zero-order valence-electron chi connectivity index (χ0n) is 81.4. The third kappa shape index (κ3) is 38.6. The molecule has 2 aromatic rings. The molecule has 0 N–H and O–H groups in total. The molecule has 0 radical (unpaired) electrons. The summed E-state index contributed by atoms with van der Waals surface area (Å²) in [6.07, 6.45) is 25.0. The molecule has 113 heavy (non-hydrogen) atoms. The normalized spacial score (nSPS) is 23.1. The second kappa shape index (κ2) is 47.3. The summed E-state index contributed by atoms with van der Waals surface area (Å²) < 4.78 is 112. The summed E-state index contributed by atoms with van der Waals surface area (Å²) in [4.78, 5) is 0. The van der Waals surface area contributed by atoms with E-state index in [0.29, 0.717) is 83.9 Å². The molecule has 0 unspecified atom stereocenters. The first kappa shape index (κ1) is 111. The van der Waals surface area contributed by atoms with E-state index in [2.05, 4.69) is 224 Å². The highest BCUT2D eigenvalue weighted by Crippen LogP contribution is 2.61. The first-order chi connectivity index (χ1) is 51.3. The predicted molar refractivity (Wildman–Crippen MR) is 481 cm³/mol. The van der Waals surface area contributed by atoms with Crippen LogP contribution in [0.15, 0.2) is 30.3 Å². The highest BCUT2D eigenvalue weighted by atomic mass is 19.4. The van der Waals surface area contributed by atoms with E-state index >= 15 is 0 Å². The molecule has 1 atom stereocenters. The molecule has 668 valence electrons. The second-order valence-corrected chi connectivity index (χ2v) is 45.1. The summed E-state index contributed by atoms with van der Waals surface area (Å²) in [6, 6.07) is 11.7. The van der Waals surface area contributed by atoms with Gasteiger partial charge in [-0.15, -0.1) is 0 Å². The highest BCUT2D eigenvalue weighted by molar-refractivity contribution is 5.43. The maximum absolute atomic E-state index is 12.6. The Morgan fingerprint density at radius 1 is 0.389 bits per heavy atom. The number of hydrogen-bond acceptors (Lipinski definition) is 0. The quantitative estimate of drug-likeness (QED) is 0.208. The standard InChI is InChI=1S/C16H30.C16H26.C15H24.C14H26.C10H17F3.C9H15F3.C8H13F3.C8H18.C6H14.C2H6/c1-13-6-8-16(9-7-13)11-14(2,3)10-15(4,5)12-16;1-10(2)14-8-15(11(3)4)13(7)16(9-14)12(5)6;1-11-8-9-12(14(2,3)4)10-13(11)15(5,6)7;1-12-4-6-14(7-5-12)10-8-13(2,3)9-11-14;1-8(2)4-6-9(3,7-5-8)10(11,12)13;1-7-3-5-8(2,6-4-7)9(10,11)12;1-2-7(8(9,10)11)5-3-4-6-7;1-4-6-7-8(3)5-2;1-4-6(3)5-2;1-2/h13H,6-12H2,1-5H3;8-12H,1-7H3;8-10H,1-7H3;12H,4-11H2,1-3H3;4-7H2,1-3H3;7H,3-6H2,1-2H3;2-6H2,1H3;8H,4-7H2,1-3H3;6H,4-5H2,1-3H3;1-2H3/t;;;;;;;8-;;/m.......1../s1. The topological polar surface area (TPSA) is 0 Å². The largest absolute Gasteiger partial charge is 0.394 e. The van der Waals surface area contributed by atoms with Crippen molar-refractivity contribution in [2.75, 3.05) is 0 Å². The summed E-state index contributed by atoms with van der Waals surface area (Å²) >= 11 is 0. The van der Waals surface area contributed by atoms with Gasteiger partial charge >= 0.3 is 18.5 Å². The van der Waals surface area contributed by atoms with Gasteiger partial charge in [0.2, 0.25) is 0 Å². The van der Waals surface area contributed by atoms with Crippen LogP contribution < -0.4 is 0 Å². The minimum atomic E-state index is -4.02. The Bertz CT molecular complexity index is 2780. The number of aryl methyl sites for hydroxylation is 1. The SMILES string of the molecule is CC.CC1(C)CCC(C)(C(F)(F)F)CC1.CC1CCC(C)(C(F)(F)F)CC1.CC1CCC2(CC1)CC(C)(C)CC(C)(C)C2.CC1CCC2(CC1)CCC(C)(C)CC2.CCC(C)CC.CCC1(C(F)(F)F)CCCC1.CCCC[C@H](C)CC.Cc1c(C(C)C)cc(C(C)C)cc1C(C)C.Cc1ccc(C(C)(C)C)cc1C(C)(C)C. The molecule has 9 heteroatoms. The minimum Gasteiger partial charge on any atom is -0.171 e. The zero-order chi connectivity index (χ0) is 88.2. The molecule has 7 fully saturated rings. The molecule has 0 saturated heterocycles. The summed E-state index contributed by atoms with van der Waals surface area (Å²) in [5.74, 6) is 6.22. The van der Waals surface area contributed by atoms with E-state index in [1.165, 1.54) is 188 Å². The lowest BCUT2D eigenvalue weighted by molar-refractivity contribution is -0.232. The molecular formula is C104H189F9. The zero-order valence-corrected chi connectivity index (χ0v) is 81.4. The Balaban J connectivity index is 0.00000126. The lowest BCUT2D eigenvalue weighted by atomic mass is 9.51. The van der Waals surface area contributed by atoms with Gasteiger partial charge in [0, 0.05) is 0 Å². The third-order valence-electron chi connectivity index (χ3n) is 28.8. The number of halogens is 9. The Hall–Kier alpha value is -2.19. The van der Waals surface area contributed by atoms with E-state index in [0.717, 1.165) is 54.8 Å². The van der Waals surface area contributed by atoms with Crippen molar-refractivity contribution >= 4 is 0 Å². The molecule has 0 heterocycles. The van der Waals surface area contributed by atoms with Gasteiger partial charge in [-0.1, -0.05) is 343 Å². The minimum absolute atomic E-state index is 0.102. The van der Waals surface area contributed by atoms with Crippen LogP contribution in [-0.4, -0.2) is 18.5 Å². The van der Waals surface area contributed by atoms with Crippen molar-refractivity contribution in [3.8, 4) is 0 Å². The smallest absolute Gasteiger partial charge is 0.171 e. The maximum atomic E-state index is 12.6. The van der Waals surface area contributed by atoms with Crippen molar-refractivity contribution in [2.45, 2.75) is 515 Å². The van der Waals surface area contributed by atoms with Crippen LogP contribution in [0.25, 0.3) is 0 Å². The first-order valence-electron chi connectivity index (χ1n) is 46.8. The average Bonchev–Trinajstić information content (AvgIpc) is 1.48. The average molecular weight is 1610 g/mol. The van der Waals surface area contributed by atoms with E-state index in [9.17, 15) is 39.5 Å². The Labute approximate surface area is 698 Å². The molecule has 0 aliphatic heterocycles. The Morgan fingerprint density at radius 2 is 0.743 bits per heavy atom.